The summed E-state index contributed by atoms with van der Waals surface area (Å²) < 4.78 is 49.4. The maximum Gasteiger partial charge on any atom is 0.434 e. The third-order valence-electron chi connectivity index (χ3n) is 6.47. The lowest BCUT2D eigenvalue weighted by Gasteiger charge is -2.42. The summed E-state index contributed by atoms with van der Waals surface area (Å²) in [4.78, 5) is 13.8. The zero-order valence-electron chi connectivity index (χ0n) is 19.8. The summed E-state index contributed by atoms with van der Waals surface area (Å²) in [6.45, 7) is 6.31. The molecule has 1 aromatic heterocycles. The van der Waals surface area contributed by atoms with E-state index in [-0.39, 0.29) is 17.5 Å². The number of hydrogen-bond donors (Lipinski definition) is 2. The smallest absolute Gasteiger partial charge is 0.391 e. The lowest BCUT2D eigenvalue weighted by Crippen LogP contribution is -2.50. The van der Waals surface area contributed by atoms with Gasteiger partial charge in [0.1, 0.15) is 16.8 Å². The summed E-state index contributed by atoms with van der Waals surface area (Å²) in [7, 11) is -2.31. The number of sulfonamides is 1. The molecule has 0 spiro atoms. The van der Waals surface area contributed by atoms with Gasteiger partial charge in [-0.05, 0) is 61.9 Å². The predicted octanol–water partition coefficient (Wildman–Crippen LogP) is 3.30. The van der Waals surface area contributed by atoms with Crippen molar-refractivity contribution in [2.45, 2.75) is 37.6 Å². The topological polar surface area (TPSA) is 112 Å². The maximum absolute atomic E-state index is 15.1. The number of benzene rings is 2. The largest absolute Gasteiger partial charge is 0.434 e. The lowest BCUT2D eigenvalue weighted by atomic mass is 9.87. The highest BCUT2D eigenvalue weighted by atomic mass is 35.5. The van der Waals surface area contributed by atoms with Crippen molar-refractivity contribution >= 4 is 27.3 Å². The van der Waals surface area contributed by atoms with Crippen LogP contribution in [0.5, 0.6) is 0 Å². The summed E-state index contributed by atoms with van der Waals surface area (Å²) in [5.41, 5.74) is 2.35. The molecule has 2 heterocycles. The van der Waals surface area contributed by atoms with Crippen LogP contribution in [-0.2, 0) is 10.0 Å². The maximum atomic E-state index is 15.1. The zero-order valence-corrected chi connectivity index (χ0v) is 21.4. The van der Waals surface area contributed by atoms with Crippen LogP contribution in [0, 0.1) is 19.7 Å². The van der Waals surface area contributed by atoms with Crippen molar-refractivity contribution in [3.63, 3.8) is 0 Å². The number of aromatic nitrogens is 2. The summed E-state index contributed by atoms with van der Waals surface area (Å²) in [6.07, 6.45) is 0. The van der Waals surface area contributed by atoms with Crippen molar-refractivity contribution in [2.24, 2.45) is 0 Å². The molecule has 2 atom stereocenters. The summed E-state index contributed by atoms with van der Waals surface area (Å²) in [5, 5.41) is 9.63. The Morgan fingerprint density at radius 2 is 2.03 bits per heavy atom. The summed E-state index contributed by atoms with van der Waals surface area (Å²) in [6, 6.07) is 6.49. The van der Waals surface area contributed by atoms with Gasteiger partial charge in [0.15, 0.2) is 0 Å². The van der Waals surface area contributed by atoms with Gasteiger partial charge >= 0.3 is 5.76 Å². The monoisotopic (exact) mass is 523 g/mol. The lowest BCUT2D eigenvalue weighted by molar-refractivity contribution is 0.234. The van der Waals surface area contributed by atoms with Crippen molar-refractivity contribution < 1.29 is 17.2 Å². The zero-order chi connectivity index (χ0) is 25.5. The first-order chi connectivity index (χ1) is 16.6. The summed E-state index contributed by atoms with van der Waals surface area (Å²) >= 11 is 6.19. The Bertz CT molecular complexity index is 1410. The molecule has 35 heavy (non-hydrogen) atoms. The molecule has 0 amide bonds. The Kier molecular flexibility index (Phi) is 7.05. The normalized spacial score (nSPS) is 17.3. The Hall–Kier alpha value is -2.73. The fourth-order valence-electron chi connectivity index (χ4n) is 4.55. The second kappa shape index (κ2) is 9.73. The van der Waals surface area contributed by atoms with Gasteiger partial charge in [0.25, 0.3) is 0 Å². The first kappa shape index (κ1) is 25.4. The van der Waals surface area contributed by atoms with E-state index in [0.717, 1.165) is 5.56 Å². The van der Waals surface area contributed by atoms with Gasteiger partial charge in [0, 0.05) is 24.0 Å². The highest BCUT2D eigenvalue weighted by molar-refractivity contribution is 7.89. The molecule has 9 nitrogen and oxygen atoms in total. The number of fused-ring (bicyclic) bond motifs is 1. The molecular weight excluding hydrogens is 497 g/mol. The van der Waals surface area contributed by atoms with Gasteiger partial charge in [-0.3, -0.25) is 0 Å². The molecule has 0 saturated carbocycles. The van der Waals surface area contributed by atoms with Crippen molar-refractivity contribution in [1.29, 1.82) is 0 Å². The van der Waals surface area contributed by atoms with Gasteiger partial charge in [-0.25, -0.2) is 22.7 Å². The molecular formula is C23H27ClFN5O4S. The van der Waals surface area contributed by atoms with Crippen LogP contribution in [0.3, 0.4) is 0 Å². The van der Waals surface area contributed by atoms with E-state index in [9.17, 15) is 13.2 Å². The van der Waals surface area contributed by atoms with Crippen LogP contribution in [0.25, 0.3) is 0 Å². The van der Waals surface area contributed by atoms with Crippen LogP contribution >= 0.6 is 11.6 Å². The van der Waals surface area contributed by atoms with Crippen LogP contribution in [0.4, 0.5) is 10.1 Å². The predicted molar refractivity (Wildman–Crippen MR) is 131 cm³/mol. The molecule has 0 unspecified atom stereocenters. The van der Waals surface area contributed by atoms with Gasteiger partial charge in [-0.2, -0.15) is 4.31 Å². The molecule has 0 fully saturated rings. The standard InChI is InChI=1S/C23H27ClFN5O4S/c1-13-5-7-17(25)20(14(13)2)15(3)21(22-27-28-23(31)34-22)30-12-29(10-9-26-4)18-11-16(24)6-8-19(18)35(30,32)33/h5-8,11,15,21,26H,9-10,12H2,1-4H3,(H,28,31)/t15-,21+/m1/s1. The fraction of sp³-hybridized carbons (Fsp3) is 0.391. The molecule has 1 aliphatic heterocycles. The molecule has 0 radical (unpaired) electrons. The number of aryl methyl sites for hydroxylation is 1. The number of H-pyrrole nitrogens is 1. The third-order valence-corrected chi connectivity index (χ3v) is 8.57. The van der Waals surface area contributed by atoms with Crippen LogP contribution in [0.1, 0.15) is 41.5 Å². The molecule has 12 heteroatoms. The number of nitrogens with zero attached hydrogens (tertiary/aromatic N) is 3. The van der Waals surface area contributed by atoms with Gasteiger partial charge in [-0.15, -0.1) is 5.10 Å². The van der Waals surface area contributed by atoms with E-state index < -0.39 is 33.6 Å². The molecule has 0 aliphatic carbocycles. The molecule has 2 N–H and O–H groups in total. The minimum absolute atomic E-state index is 0.0563. The molecule has 188 valence electrons. The fourth-order valence-corrected chi connectivity index (χ4v) is 6.53. The van der Waals surface area contributed by atoms with Crippen LogP contribution < -0.4 is 16.0 Å². The van der Waals surface area contributed by atoms with E-state index in [0.29, 0.717) is 34.9 Å². The van der Waals surface area contributed by atoms with E-state index in [1.807, 2.05) is 11.8 Å². The second-order valence-electron chi connectivity index (χ2n) is 8.60. The molecule has 3 aromatic rings. The number of halogens is 2. The number of likely N-dealkylation sites (N-methyl/N-ethyl adjacent to an activating group) is 1. The van der Waals surface area contributed by atoms with E-state index in [1.54, 1.807) is 33.0 Å². The number of aromatic amines is 1. The molecule has 1 aliphatic rings. The Labute approximate surface area is 207 Å². The molecule has 4 rings (SSSR count). The van der Waals surface area contributed by atoms with E-state index in [4.69, 9.17) is 16.0 Å². The quantitative estimate of drug-likeness (QED) is 0.488. The molecule has 0 bridgehead atoms. The molecule has 0 saturated heterocycles. The average molecular weight is 524 g/mol. The first-order valence-electron chi connectivity index (χ1n) is 11.1. The van der Waals surface area contributed by atoms with Crippen molar-refractivity contribution in [3.8, 4) is 0 Å². The van der Waals surface area contributed by atoms with Crippen LogP contribution in [0.15, 0.2) is 44.4 Å². The summed E-state index contributed by atoms with van der Waals surface area (Å²) in [5.74, 6) is -2.18. The number of anilines is 1. The Morgan fingerprint density at radius 1 is 1.29 bits per heavy atom. The molecule has 2 aromatic carbocycles. The van der Waals surface area contributed by atoms with Gasteiger partial charge in [0.05, 0.1) is 12.4 Å². The van der Waals surface area contributed by atoms with Crippen molar-refractivity contribution in [2.75, 3.05) is 31.7 Å². The van der Waals surface area contributed by atoms with Gasteiger partial charge in [0.2, 0.25) is 15.9 Å². The average Bonchev–Trinajstić information content (AvgIpc) is 3.23. The Morgan fingerprint density at radius 3 is 2.69 bits per heavy atom. The van der Waals surface area contributed by atoms with E-state index >= 15 is 4.39 Å². The third kappa shape index (κ3) is 4.61. The first-order valence-corrected chi connectivity index (χ1v) is 12.9. The van der Waals surface area contributed by atoms with E-state index in [2.05, 4.69) is 15.5 Å². The van der Waals surface area contributed by atoms with Gasteiger partial charge in [-0.1, -0.05) is 24.6 Å². The van der Waals surface area contributed by atoms with Crippen LogP contribution in [-0.4, -0.2) is 49.7 Å². The van der Waals surface area contributed by atoms with Crippen molar-refractivity contribution in [1.82, 2.24) is 19.8 Å². The minimum Gasteiger partial charge on any atom is -0.391 e. The number of nitrogens with one attached hydrogen (secondary N) is 2. The highest BCUT2D eigenvalue weighted by Crippen LogP contribution is 2.44. The Balaban J connectivity index is 1.92. The number of rotatable bonds is 7. The highest BCUT2D eigenvalue weighted by Gasteiger charge is 2.45. The van der Waals surface area contributed by atoms with Crippen LogP contribution in [0.2, 0.25) is 5.02 Å². The second-order valence-corrected chi connectivity index (χ2v) is 10.9. The SMILES string of the molecule is CNCCN1CN([C@H](c2n[nH]c(=O)o2)[C@H](C)c2c(F)ccc(C)c2C)S(=O)(=O)c2ccc(Cl)cc21. The minimum atomic E-state index is -4.11. The number of hydrogen-bond acceptors (Lipinski definition) is 7. The van der Waals surface area contributed by atoms with Gasteiger partial charge < -0.3 is 14.6 Å². The van der Waals surface area contributed by atoms with E-state index in [1.165, 1.54) is 22.5 Å². The van der Waals surface area contributed by atoms with Crippen molar-refractivity contribution in [3.05, 3.63) is 74.3 Å².